The molecule has 3 rings (SSSR count). The Labute approximate surface area is 153 Å². The van der Waals surface area contributed by atoms with Gasteiger partial charge in [0.1, 0.15) is 0 Å². The van der Waals surface area contributed by atoms with Gasteiger partial charge in [0.05, 0.1) is 5.56 Å². The number of likely N-dealkylation sites (tertiary alicyclic amines) is 2. The normalized spacial score (nSPS) is 23.2. The van der Waals surface area contributed by atoms with Crippen LogP contribution in [0.15, 0.2) is 24.3 Å². The van der Waals surface area contributed by atoms with Crippen molar-refractivity contribution in [2.24, 2.45) is 0 Å². The van der Waals surface area contributed by atoms with Crippen molar-refractivity contribution in [3.8, 4) is 0 Å². The molecule has 2 aliphatic rings. The lowest BCUT2D eigenvalue weighted by molar-refractivity contribution is -0.137. The van der Waals surface area contributed by atoms with Crippen LogP contribution in [0.5, 0.6) is 0 Å². The van der Waals surface area contributed by atoms with E-state index in [0.717, 1.165) is 56.7 Å². The molecule has 2 saturated heterocycles. The number of nitrogens with zero attached hydrogens (tertiary/aromatic N) is 2. The molecule has 0 aromatic heterocycles. The van der Waals surface area contributed by atoms with Crippen LogP contribution in [0.4, 0.5) is 13.2 Å². The molecule has 0 saturated carbocycles. The highest BCUT2D eigenvalue weighted by Gasteiger charge is 2.31. The van der Waals surface area contributed by atoms with E-state index in [4.69, 9.17) is 0 Å². The minimum Gasteiger partial charge on any atom is -0.341 e. The number of halogens is 3. The van der Waals surface area contributed by atoms with E-state index >= 15 is 0 Å². The van der Waals surface area contributed by atoms with Gasteiger partial charge in [-0.2, -0.15) is 13.2 Å². The highest BCUT2D eigenvalue weighted by Crippen LogP contribution is 2.31. The number of benzene rings is 1. The Morgan fingerprint density at radius 3 is 2.38 bits per heavy atom. The van der Waals surface area contributed by atoms with Crippen LogP contribution < -0.4 is 0 Å². The Morgan fingerprint density at radius 2 is 1.77 bits per heavy atom. The zero-order chi connectivity index (χ0) is 18.7. The third-order valence-corrected chi connectivity index (χ3v) is 5.69. The van der Waals surface area contributed by atoms with E-state index in [1.54, 1.807) is 0 Å². The van der Waals surface area contributed by atoms with E-state index in [-0.39, 0.29) is 11.8 Å². The molecule has 144 valence electrons. The van der Waals surface area contributed by atoms with Gasteiger partial charge >= 0.3 is 6.18 Å². The molecule has 26 heavy (non-hydrogen) atoms. The predicted molar refractivity (Wildman–Crippen MR) is 94.9 cm³/mol. The first-order valence-electron chi connectivity index (χ1n) is 9.53. The second-order valence-corrected chi connectivity index (χ2v) is 7.60. The van der Waals surface area contributed by atoms with Crippen LogP contribution in [0.1, 0.15) is 56.1 Å². The first-order chi connectivity index (χ1) is 12.3. The van der Waals surface area contributed by atoms with Crippen molar-refractivity contribution in [1.82, 2.24) is 9.80 Å². The van der Waals surface area contributed by atoms with Crippen LogP contribution in [0.2, 0.25) is 0 Å². The fourth-order valence-electron chi connectivity index (χ4n) is 4.10. The molecular weight excluding hydrogens is 341 g/mol. The summed E-state index contributed by atoms with van der Waals surface area (Å²) in [4.78, 5) is 17.1. The largest absolute Gasteiger partial charge is 0.416 e. The van der Waals surface area contributed by atoms with Crippen molar-refractivity contribution in [2.75, 3.05) is 26.2 Å². The molecule has 0 radical (unpaired) electrons. The summed E-state index contributed by atoms with van der Waals surface area (Å²) >= 11 is 0. The Morgan fingerprint density at radius 1 is 1.12 bits per heavy atom. The average Bonchev–Trinajstić information content (AvgIpc) is 3.16. The van der Waals surface area contributed by atoms with Gasteiger partial charge in [0, 0.05) is 25.6 Å². The zero-order valence-electron chi connectivity index (χ0n) is 15.3. The van der Waals surface area contributed by atoms with Gasteiger partial charge in [-0.1, -0.05) is 19.1 Å². The Balaban J connectivity index is 1.56. The van der Waals surface area contributed by atoms with Crippen LogP contribution >= 0.6 is 0 Å². The van der Waals surface area contributed by atoms with Crippen molar-refractivity contribution in [2.45, 2.75) is 57.2 Å². The minimum atomic E-state index is -4.32. The molecule has 2 aliphatic heterocycles. The predicted octanol–water partition coefficient (Wildman–Crippen LogP) is 4.29. The number of carbonyl (C=O) groups is 1. The summed E-state index contributed by atoms with van der Waals surface area (Å²) in [6, 6.07) is 5.64. The lowest BCUT2D eigenvalue weighted by Gasteiger charge is -2.38. The number of rotatable bonds is 4. The van der Waals surface area contributed by atoms with E-state index in [1.165, 1.54) is 25.0 Å². The van der Waals surface area contributed by atoms with Gasteiger partial charge in [0.25, 0.3) is 0 Å². The second-order valence-electron chi connectivity index (χ2n) is 7.60. The highest BCUT2D eigenvalue weighted by molar-refractivity contribution is 5.77. The van der Waals surface area contributed by atoms with Crippen molar-refractivity contribution in [1.29, 1.82) is 0 Å². The number of piperidine rings is 1. The summed E-state index contributed by atoms with van der Waals surface area (Å²) < 4.78 is 38.0. The smallest absolute Gasteiger partial charge is 0.341 e. The molecule has 2 fully saturated rings. The second kappa shape index (κ2) is 7.99. The lowest BCUT2D eigenvalue weighted by Crippen LogP contribution is -2.49. The maximum absolute atomic E-state index is 12.7. The average molecular weight is 368 g/mol. The summed E-state index contributed by atoms with van der Waals surface area (Å²) in [6.07, 6.45) is 0.693. The van der Waals surface area contributed by atoms with Gasteiger partial charge in [0.15, 0.2) is 0 Å². The topological polar surface area (TPSA) is 23.6 Å². The number of alkyl halides is 3. The van der Waals surface area contributed by atoms with E-state index in [1.807, 2.05) is 11.8 Å². The summed E-state index contributed by atoms with van der Waals surface area (Å²) in [5.74, 6) is 0.0261. The van der Waals surface area contributed by atoms with E-state index in [0.29, 0.717) is 12.5 Å². The Hall–Kier alpha value is -1.56. The Bertz CT molecular complexity index is 608. The molecule has 0 aliphatic carbocycles. The SMILES string of the molecule is CC(CC(=O)N1CCCC(N2CCCC2)C1)c1ccc(C(F)(F)F)cc1. The maximum Gasteiger partial charge on any atom is 0.416 e. The first-order valence-corrected chi connectivity index (χ1v) is 9.53. The summed E-state index contributed by atoms with van der Waals surface area (Å²) in [7, 11) is 0. The van der Waals surface area contributed by atoms with Crippen LogP contribution in [0.25, 0.3) is 0 Å². The van der Waals surface area contributed by atoms with Gasteiger partial charge in [-0.05, 0) is 62.4 Å². The van der Waals surface area contributed by atoms with E-state index in [2.05, 4.69) is 4.90 Å². The number of hydrogen-bond donors (Lipinski definition) is 0. The molecule has 1 aromatic carbocycles. The van der Waals surface area contributed by atoms with Crippen molar-refractivity contribution >= 4 is 5.91 Å². The molecule has 0 bridgehead atoms. The lowest BCUT2D eigenvalue weighted by atomic mass is 9.95. The zero-order valence-corrected chi connectivity index (χ0v) is 15.3. The third kappa shape index (κ3) is 4.58. The van der Waals surface area contributed by atoms with Crippen molar-refractivity contribution < 1.29 is 18.0 Å². The first kappa shape index (κ1) is 19.2. The van der Waals surface area contributed by atoms with Crippen molar-refractivity contribution in [3.63, 3.8) is 0 Å². The molecule has 1 amide bonds. The van der Waals surface area contributed by atoms with Gasteiger partial charge in [-0.3, -0.25) is 9.69 Å². The van der Waals surface area contributed by atoms with Gasteiger partial charge in [-0.15, -0.1) is 0 Å². The number of carbonyl (C=O) groups excluding carboxylic acids is 1. The number of amides is 1. The van der Waals surface area contributed by atoms with E-state index in [9.17, 15) is 18.0 Å². The fraction of sp³-hybridized carbons (Fsp3) is 0.650. The Kier molecular flexibility index (Phi) is 5.90. The molecule has 0 N–H and O–H groups in total. The van der Waals surface area contributed by atoms with E-state index < -0.39 is 11.7 Å². The summed E-state index contributed by atoms with van der Waals surface area (Å²) in [5.41, 5.74) is 0.128. The van der Waals surface area contributed by atoms with Gasteiger partial charge < -0.3 is 4.90 Å². The summed E-state index contributed by atoms with van der Waals surface area (Å²) in [5, 5.41) is 0. The van der Waals surface area contributed by atoms with Gasteiger partial charge in [-0.25, -0.2) is 0 Å². The molecule has 6 heteroatoms. The van der Waals surface area contributed by atoms with Crippen LogP contribution in [0, 0.1) is 0 Å². The van der Waals surface area contributed by atoms with Crippen molar-refractivity contribution in [3.05, 3.63) is 35.4 Å². The molecule has 0 spiro atoms. The fourth-order valence-corrected chi connectivity index (χ4v) is 4.10. The number of hydrogen-bond acceptors (Lipinski definition) is 2. The quantitative estimate of drug-likeness (QED) is 0.792. The molecule has 2 atom stereocenters. The molecule has 1 aromatic rings. The highest BCUT2D eigenvalue weighted by atomic mass is 19.4. The molecular formula is C20H27F3N2O. The molecule has 2 heterocycles. The standard InChI is InChI=1S/C20H27F3N2O/c1-15(16-6-8-17(9-7-16)20(21,22)23)13-19(26)25-12-4-5-18(14-25)24-10-2-3-11-24/h6-9,15,18H,2-5,10-14H2,1H3. The van der Waals surface area contributed by atoms with Gasteiger partial charge in [0.2, 0.25) is 5.91 Å². The maximum atomic E-state index is 12.7. The summed E-state index contributed by atoms with van der Waals surface area (Å²) in [6.45, 7) is 5.76. The van der Waals surface area contributed by atoms with Crippen LogP contribution in [0.3, 0.4) is 0 Å². The molecule has 3 nitrogen and oxygen atoms in total. The monoisotopic (exact) mass is 368 g/mol. The van der Waals surface area contributed by atoms with Crippen LogP contribution in [-0.2, 0) is 11.0 Å². The third-order valence-electron chi connectivity index (χ3n) is 5.69. The molecule has 2 unspecified atom stereocenters. The van der Waals surface area contributed by atoms with Crippen LogP contribution in [-0.4, -0.2) is 47.9 Å². The minimum absolute atomic E-state index is 0.0862.